The zero-order valence-corrected chi connectivity index (χ0v) is 8.09. The van der Waals surface area contributed by atoms with Crippen LogP contribution in [0.5, 0.6) is 0 Å². The quantitative estimate of drug-likeness (QED) is 0.684. The topological polar surface area (TPSA) is 63.3 Å². The van der Waals surface area contributed by atoms with Crippen molar-refractivity contribution in [2.75, 3.05) is 0 Å². The Hall–Kier alpha value is -0.800. The molecule has 3 nitrogen and oxygen atoms in total. The van der Waals surface area contributed by atoms with Crippen LogP contribution in [0.3, 0.4) is 0 Å². The van der Waals surface area contributed by atoms with Crippen molar-refractivity contribution >= 4 is 18.4 Å². The second-order valence-electron chi connectivity index (χ2n) is 2.89. The van der Waals surface area contributed by atoms with E-state index >= 15 is 0 Å². The highest BCUT2D eigenvalue weighted by Crippen LogP contribution is 2.15. The molecule has 0 aliphatic heterocycles. The first kappa shape index (κ1) is 12.2. The summed E-state index contributed by atoms with van der Waals surface area (Å²) < 4.78 is 0. The van der Waals surface area contributed by atoms with Crippen molar-refractivity contribution < 1.29 is 9.90 Å². The summed E-state index contributed by atoms with van der Waals surface area (Å²) in [5.74, 6) is -0.835. The lowest BCUT2D eigenvalue weighted by Gasteiger charge is -2.14. The molecule has 0 aromatic carbocycles. The molecule has 1 atom stereocenters. The number of carboxylic acid groups (broad SMARTS) is 1. The molecule has 0 spiro atoms. The Morgan fingerprint density at radius 3 is 2.77 bits per heavy atom. The summed E-state index contributed by atoms with van der Waals surface area (Å²) in [6.45, 7) is 0. The molecule has 0 saturated heterocycles. The summed E-state index contributed by atoms with van der Waals surface area (Å²) in [4.78, 5) is 10.3. The Kier molecular flexibility index (Phi) is 5.42. The highest BCUT2D eigenvalue weighted by atomic mass is 35.5. The molecule has 0 heterocycles. The lowest BCUT2D eigenvalue weighted by atomic mass is 9.97. The smallest absolute Gasteiger partial charge is 0.305 e. The largest absolute Gasteiger partial charge is 0.481 e. The molecule has 4 heteroatoms. The zero-order chi connectivity index (χ0) is 8.97. The minimum atomic E-state index is -0.835. The van der Waals surface area contributed by atoms with Gasteiger partial charge >= 0.3 is 5.97 Å². The number of aliphatic carboxylic acids is 1. The lowest BCUT2D eigenvalue weighted by molar-refractivity contribution is -0.137. The molecule has 0 amide bonds. The molecular weight excluding hydrogens is 190 g/mol. The van der Waals surface area contributed by atoms with Gasteiger partial charge in [-0.3, -0.25) is 4.79 Å². The Balaban J connectivity index is 0.00000144. The standard InChI is InChI=1S/C9H13NO2.ClH/c10-8(6-9(11)12)7-4-2-1-3-5-7;/h1-2,5,8H,3-4,6,10H2,(H,11,12);1H. The number of nitrogens with two attached hydrogens (primary N) is 1. The fourth-order valence-corrected chi connectivity index (χ4v) is 1.24. The van der Waals surface area contributed by atoms with Gasteiger partial charge in [0.05, 0.1) is 6.42 Å². The van der Waals surface area contributed by atoms with Gasteiger partial charge < -0.3 is 10.8 Å². The highest BCUT2D eigenvalue weighted by Gasteiger charge is 2.12. The van der Waals surface area contributed by atoms with Crippen molar-refractivity contribution in [3.8, 4) is 0 Å². The fourth-order valence-electron chi connectivity index (χ4n) is 1.24. The van der Waals surface area contributed by atoms with E-state index in [2.05, 4.69) is 6.08 Å². The lowest BCUT2D eigenvalue weighted by Crippen LogP contribution is -2.26. The van der Waals surface area contributed by atoms with Crippen LogP contribution in [0.1, 0.15) is 19.3 Å². The van der Waals surface area contributed by atoms with E-state index in [1.165, 1.54) is 0 Å². The molecule has 1 aliphatic carbocycles. The van der Waals surface area contributed by atoms with Gasteiger partial charge in [0.2, 0.25) is 0 Å². The van der Waals surface area contributed by atoms with Crippen molar-refractivity contribution in [1.29, 1.82) is 0 Å². The maximum absolute atomic E-state index is 10.3. The summed E-state index contributed by atoms with van der Waals surface area (Å²) >= 11 is 0. The van der Waals surface area contributed by atoms with E-state index < -0.39 is 5.97 Å². The predicted molar refractivity (Wildman–Crippen MR) is 53.9 cm³/mol. The van der Waals surface area contributed by atoms with E-state index in [1.807, 2.05) is 12.2 Å². The molecule has 74 valence electrons. The Morgan fingerprint density at radius 2 is 2.31 bits per heavy atom. The molecule has 0 bridgehead atoms. The number of hydrogen-bond donors (Lipinski definition) is 2. The van der Waals surface area contributed by atoms with E-state index in [1.54, 1.807) is 0 Å². The number of halogens is 1. The average molecular weight is 204 g/mol. The minimum absolute atomic E-state index is 0. The third-order valence-corrected chi connectivity index (χ3v) is 1.91. The Labute approximate surface area is 83.7 Å². The SMILES string of the molecule is Cl.NC(CC(=O)O)C1=CCC=CC1. The summed E-state index contributed by atoms with van der Waals surface area (Å²) in [5.41, 5.74) is 6.71. The van der Waals surface area contributed by atoms with Gasteiger partial charge in [-0.25, -0.2) is 0 Å². The van der Waals surface area contributed by atoms with Crippen LogP contribution < -0.4 is 5.73 Å². The van der Waals surface area contributed by atoms with Crippen LogP contribution >= 0.6 is 12.4 Å². The molecule has 1 rings (SSSR count). The summed E-state index contributed by atoms with van der Waals surface area (Å²) in [5, 5.41) is 8.49. The highest BCUT2D eigenvalue weighted by molar-refractivity contribution is 5.85. The van der Waals surface area contributed by atoms with Crippen molar-refractivity contribution in [2.24, 2.45) is 5.73 Å². The first-order valence-corrected chi connectivity index (χ1v) is 4.01. The van der Waals surface area contributed by atoms with Crippen LogP contribution in [0.2, 0.25) is 0 Å². The summed E-state index contributed by atoms with van der Waals surface area (Å²) in [6.07, 6.45) is 7.79. The molecule has 0 saturated carbocycles. The second-order valence-corrected chi connectivity index (χ2v) is 2.89. The van der Waals surface area contributed by atoms with Crippen molar-refractivity contribution in [2.45, 2.75) is 25.3 Å². The van der Waals surface area contributed by atoms with Crippen LogP contribution in [0, 0.1) is 0 Å². The van der Waals surface area contributed by atoms with Gasteiger partial charge in [0.1, 0.15) is 0 Å². The monoisotopic (exact) mass is 203 g/mol. The third kappa shape index (κ3) is 4.10. The molecule has 0 aromatic heterocycles. The normalized spacial score (nSPS) is 17.2. The van der Waals surface area contributed by atoms with Crippen molar-refractivity contribution in [1.82, 2.24) is 0 Å². The van der Waals surface area contributed by atoms with Crippen LogP contribution in [0.15, 0.2) is 23.8 Å². The first-order valence-electron chi connectivity index (χ1n) is 4.01. The third-order valence-electron chi connectivity index (χ3n) is 1.91. The molecule has 3 N–H and O–H groups in total. The maximum Gasteiger partial charge on any atom is 0.305 e. The molecule has 0 aromatic rings. The van der Waals surface area contributed by atoms with Gasteiger partial charge in [0.15, 0.2) is 0 Å². The maximum atomic E-state index is 10.3. The molecule has 0 fully saturated rings. The molecule has 1 aliphatic rings. The summed E-state index contributed by atoms with van der Waals surface area (Å²) in [6, 6.07) is -0.313. The second kappa shape index (κ2) is 5.78. The first-order chi connectivity index (χ1) is 5.70. The average Bonchev–Trinajstić information content (AvgIpc) is 2.05. The molecule has 13 heavy (non-hydrogen) atoms. The fraction of sp³-hybridized carbons (Fsp3) is 0.444. The van der Waals surface area contributed by atoms with Gasteiger partial charge in [-0.2, -0.15) is 0 Å². The summed E-state index contributed by atoms with van der Waals surface area (Å²) in [7, 11) is 0. The van der Waals surface area contributed by atoms with Gasteiger partial charge in [0, 0.05) is 6.04 Å². The van der Waals surface area contributed by atoms with E-state index in [-0.39, 0.29) is 24.9 Å². The van der Waals surface area contributed by atoms with Gasteiger partial charge in [-0.1, -0.05) is 23.8 Å². The number of hydrogen-bond acceptors (Lipinski definition) is 2. The predicted octanol–water partition coefficient (Wildman–Crippen LogP) is 1.49. The molecule has 0 radical (unpaired) electrons. The van der Waals surface area contributed by atoms with Crippen LogP contribution in [-0.2, 0) is 4.79 Å². The van der Waals surface area contributed by atoms with E-state index in [0.29, 0.717) is 0 Å². The number of carbonyl (C=O) groups is 1. The van der Waals surface area contributed by atoms with E-state index in [9.17, 15) is 4.79 Å². The molecule has 1 unspecified atom stereocenters. The Bertz CT molecular complexity index is 236. The van der Waals surface area contributed by atoms with Crippen LogP contribution in [0.25, 0.3) is 0 Å². The molecular formula is C9H14ClNO2. The zero-order valence-electron chi connectivity index (χ0n) is 7.27. The minimum Gasteiger partial charge on any atom is -0.481 e. The Morgan fingerprint density at radius 1 is 1.62 bits per heavy atom. The number of carboxylic acids is 1. The van der Waals surface area contributed by atoms with Gasteiger partial charge in [-0.05, 0) is 12.8 Å². The van der Waals surface area contributed by atoms with Gasteiger partial charge in [-0.15, -0.1) is 12.4 Å². The van der Waals surface area contributed by atoms with Crippen molar-refractivity contribution in [3.63, 3.8) is 0 Å². The van der Waals surface area contributed by atoms with Crippen molar-refractivity contribution in [3.05, 3.63) is 23.8 Å². The number of rotatable bonds is 3. The van der Waals surface area contributed by atoms with Crippen LogP contribution in [-0.4, -0.2) is 17.1 Å². The van der Waals surface area contributed by atoms with Crippen LogP contribution in [0.4, 0.5) is 0 Å². The number of allylic oxidation sites excluding steroid dienone is 3. The van der Waals surface area contributed by atoms with E-state index in [4.69, 9.17) is 10.8 Å². The van der Waals surface area contributed by atoms with E-state index in [0.717, 1.165) is 18.4 Å². The van der Waals surface area contributed by atoms with Gasteiger partial charge in [0.25, 0.3) is 0 Å².